The maximum atomic E-state index is 5.99. The summed E-state index contributed by atoms with van der Waals surface area (Å²) in [6.07, 6.45) is 8.01. The molecule has 2 rings (SSSR count). The number of epoxide rings is 1. The van der Waals surface area contributed by atoms with Crippen molar-refractivity contribution in [3.05, 3.63) is 0 Å². The summed E-state index contributed by atoms with van der Waals surface area (Å²) < 4.78 is 23.0. The van der Waals surface area contributed by atoms with Crippen LogP contribution >= 0.6 is 0 Å². The van der Waals surface area contributed by atoms with Gasteiger partial charge >= 0.3 is 8.80 Å². The van der Waals surface area contributed by atoms with Crippen LogP contribution in [-0.2, 0) is 18.0 Å². The minimum Gasteiger partial charge on any atom is -0.374 e. The van der Waals surface area contributed by atoms with Crippen LogP contribution in [0.1, 0.15) is 52.4 Å². The Bertz CT molecular complexity index is 246. The van der Waals surface area contributed by atoms with E-state index in [1.807, 2.05) is 13.8 Å². The van der Waals surface area contributed by atoms with Gasteiger partial charge in [-0.05, 0) is 26.2 Å². The summed E-state index contributed by atoms with van der Waals surface area (Å²) in [5, 5.41) is 0. The van der Waals surface area contributed by atoms with Gasteiger partial charge in [0.2, 0.25) is 0 Å². The van der Waals surface area contributed by atoms with Gasteiger partial charge in [0.15, 0.2) is 6.29 Å². The molecule has 0 amide bonds. The minimum atomic E-state index is -2.51. The lowest BCUT2D eigenvalue weighted by Crippen LogP contribution is -2.47. The van der Waals surface area contributed by atoms with Crippen molar-refractivity contribution in [3.8, 4) is 0 Å². The fourth-order valence-corrected chi connectivity index (χ4v) is 5.72. The number of hydrogen-bond acceptors (Lipinski definition) is 4. The molecule has 1 saturated heterocycles. The average Bonchev–Trinajstić information content (AvgIpc) is 3.22. The highest BCUT2D eigenvalue weighted by atomic mass is 28.4. The van der Waals surface area contributed by atoms with Crippen molar-refractivity contribution in [1.29, 1.82) is 0 Å². The van der Waals surface area contributed by atoms with E-state index in [1.165, 1.54) is 38.5 Å². The van der Waals surface area contributed by atoms with Crippen LogP contribution in [0.2, 0.25) is 6.04 Å². The van der Waals surface area contributed by atoms with E-state index in [4.69, 9.17) is 18.0 Å². The zero-order chi connectivity index (χ0) is 13.6. The Morgan fingerprint density at radius 3 is 2.21 bits per heavy atom. The third-order valence-electron chi connectivity index (χ3n) is 3.93. The molecule has 0 N–H and O–H groups in total. The third kappa shape index (κ3) is 5.15. The zero-order valence-electron chi connectivity index (χ0n) is 12.4. The van der Waals surface area contributed by atoms with Gasteiger partial charge in [-0.15, -0.1) is 0 Å². The van der Waals surface area contributed by atoms with E-state index < -0.39 is 8.80 Å². The molecule has 0 radical (unpaired) electrons. The van der Waals surface area contributed by atoms with Crippen molar-refractivity contribution in [1.82, 2.24) is 0 Å². The molecule has 4 nitrogen and oxygen atoms in total. The van der Waals surface area contributed by atoms with Gasteiger partial charge in [0.1, 0.15) is 6.61 Å². The predicted octanol–water partition coefficient (Wildman–Crippen LogP) is 3.34. The smallest absolute Gasteiger partial charge is 0.374 e. The standard InChI is InChI=1S/C14H28O4Si/c1-3-16-19(17-4-2,18-14-12-15-14)11-10-13-8-6-5-7-9-13/h13-14H,3-12H2,1-2H3. The molecule has 0 spiro atoms. The molecule has 112 valence electrons. The van der Waals surface area contributed by atoms with Crippen molar-refractivity contribution < 1.29 is 18.0 Å². The van der Waals surface area contributed by atoms with Crippen molar-refractivity contribution in [2.24, 2.45) is 5.92 Å². The second-order valence-electron chi connectivity index (χ2n) is 5.47. The summed E-state index contributed by atoms with van der Waals surface area (Å²) in [5.74, 6) is 0.838. The highest BCUT2D eigenvalue weighted by Gasteiger charge is 2.46. The van der Waals surface area contributed by atoms with E-state index in [2.05, 4.69) is 0 Å². The van der Waals surface area contributed by atoms with Crippen molar-refractivity contribution in [3.63, 3.8) is 0 Å². The van der Waals surface area contributed by atoms with Crippen LogP contribution in [0.15, 0.2) is 0 Å². The quantitative estimate of drug-likeness (QED) is 0.482. The van der Waals surface area contributed by atoms with E-state index in [1.54, 1.807) is 0 Å². The van der Waals surface area contributed by atoms with Gasteiger partial charge in [-0.3, -0.25) is 0 Å². The van der Waals surface area contributed by atoms with Crippen LogP contribution in [-0.4, -0.2) is 34.9 Å². The maximum Gasteiger partial charge on any atom is 0.502 e. The van der Waals surface area contributed by atoms with Gasteiger partial charge in [-0.2, -0.15) is 0 Å². The molecular formula is C14H28O4Si. The Hall–Kier alpha value is 0.0569. The van der Waals surface area contributed by atoms with Crippen molar-refractivity contribution in [2.75, 3.05) is 19.8 Å². The molecule has 0 aromatic heterocycles. The van der Waals surface area contributed by atoms with E-state index in [0.29, 0.717) is 19.8 Å². The second kappa shape index (κ2) is 7.74. The molecule has 1 saturated carbocycles. The summed E-state index contributed by atoms with van der Waals surface area (Å²) in [7, 11) is -2.51. The predicted molar refractivity (Wildman–Crippen MR) is 75.8 cm³/mol. The molecule has 0 aromatic carbocycles. The lowest BCUT2D eigenvalue weighted by atomic mass is 9.88. The molecule has 19 heavy (non-hydrogen) atoms. The van der Waals surface area contributed by atoms with Gasteiger partial charge in [0, 0.05) is 19.3 Å². The van der Waals surface area contributed by atoms with Gasteiger partial charge in [0.05, 0.1) is 0 Å². The minimum absolute atomic E-state index is 0.0730. The molecule has 1 aliphatic heterocycles. The Kier molecular flexibility index (Phi) is 6.29. The summed E-state index contributed by atoms with van der Waals surface area (Å²) >= 11 is 0. The highest BCUT2D eigenvalue weighted by molar-refractivity contribution is 6.60. The number of hydrogen-bond donors (Lipinski definition) is 0. The van der Waals surface area contributed by atoms with Crippen LogP contribution in [0.25, 0.3) is 0 Å². The topological polar surface area (TPSA) is 40.2 Å². The van der Waals surface area contributed by atoms with E-state index in [9.17, 15) is 0 Å². The fourth-order valence-electron chi connectivity index (χ4n) is 2.92. The van der Waals surface area contributed by atoms with Crippen LogP contribution in [0.5, 0.6) is 0 Å². The normalized spacial score (nSPS) is 24.6. The van der Waals surface area contributed by atoms with E-state index in [0.717, 1.165) is 12.0 Å². The summed E-state index contributed by atoms with van der Waals surface area (Å²) in [5.41, 5.74) is 0. The summed E-state index contributed by atoms with van der Waals surface area (Å²) in [6, 6.07) is 0.944. The van der Waals surface area contributed by atoms with Gasteiger partial charge in [-0.1, -0.05) is 32.1 Å². The molecule has 1 unspecified atom stereocenters. The van der Waals surface area contributed by atoms with E-state index in [-0.39, 0.29) is 6.29 Å². The largest absolute Gasteiger partial charge is 0.502 e. The SMILES string of the molecule is CCO[Si](CCC1CCCCC1)(OCC)OC1CO1. The monoisotopic (exact) mass is 288 g/mol. The van der Waals surface area contributed by atoms with Crippen molar-refractivity contribution in [2.45, 2.75) is 64.7 Å². The molecular weight excluding hydrogens is 260 g/mol. The first-order chi connectivity index (χ1) is 9.28. The van der Waals surface area contributed by atoms with Gasteiger partial charge < -0.3 is 18.0 Å². The molecule has 1 heterocycles. The molecule has 0 bridgehead atoms. The number of rotatable bonds is 9. The van der Waals surface area contributed by atoms with Crippen LogP contribution in [0.3, 0.4) is 0 Å². The van der Waals surface area contributed by atoms with E-state index >= 15 is 0 Å². The highest BCUT2D eigenvalue weighted by Crippen LogP contribution is 2.32. The van der Waals surface area contributed by atoms with Gasteiger partial charge in [-0.25, -0.2) is 0 Å². The lowest BCUT2D eigenvalue weighted by molar-refractivity contribution is 0.0297. The van der Waals surface area contributed by atoms with Crippen LogP contribution in [0, 0.1) is 5.92 Å². The first kappa shape index (κ1) is 15.4. The first-order valence-corrected chi connectivity index (χ1v) is 9.78. The summed E-state index contributed by atoms with van der Waals surface area (Å²) in [4.78, 5) is 0. The van der Waals surface area contributed by atoms with Crippen molar-refractivity contribution >= 4 is 8.80 Å². The summed E-state index contributed by atoms with van der Waals surface area (Å²) in [6.45, 7) is 6.03. The maximum absolute atomic E-state index is 5.99. The zero-order valence-corrected chi connectivity index (χ0v) is 13.4. The van der Waals surface area contributed by atoms with Crippen LogP contribution < -0.4 is 0 Å². The number of ether oxygens (including phenoxy) is 1. The molecule has 2 fully saturated rings. The Morgan fingerprint density at radius 2 is 1.68 bits per heavy atom. The molecule has 2 aliphatic rings. The second-order valence-corrected chi connectivity index (χ2v) is 8.15. The fraction of sp³-hybridized carbons (Fsp3) is 1.00. The molecule has 1 atom stereocenters. The lowest BCUT2D eigenvalue weighted by Gasteiger charge is -2.30. The molecule has 0 aromatic rings. The Balaban J connectivity index is 1.85. The molecule has 1 aliphatic carbocycles. The Labute approximate surface area is 118 Å². The molecule has 5 heteroatoms. The average molecular weight is 288 g/mol. The first-order valence-electron chi connectivity index (χ1n) is 7.85. The van der Waals surface area contributed by atoms with Crippen LogP contribution in [0.4, 0.5) is 0 Å². The Morgan fingerprint density at radius 1 is 1.05 bits per heavy atom. The third-order valence-corrected chi connectivity index (χ3v) is 6.91. The van der Waals surface area contributed by atoms with Gasteiger partial charge in [0.25, 0.3) is 0 Å².